The topological polar surface area (TPSA) is 70.7 Å². The first-order valence-electron chi connectivity index (χ1n) is 5.81. The molecule has 2 N–H and O–H groups in total. The lowest BCUT2D eigenvalue weighted by Crippen LogP contribution is -2.09. The van der Waals surface area contributed by atoms with E-state index in [-0.39, 0.29) is 5.56 Å². The summed E-state index contributed by atoms with van der Waals surface area (Å²) in [6.07, 6.45) is 3.93. The van der Waals surface area contributed by atoms with Gasteiger partial charge in [-0.05, 0) is 18.9 Å². The van der Waals surface area contributed by atoms with Crippen LogP contribution in [0.3, 0.4) is 0 Å². The molecular weight excluding hydrogens is 216 g/mol. The van der Waals surface area contributed by atoms with Gasteiger partial charge < -0.3 is 10.3 Å². The Kier molecular flexibility index (Phi) is 3.37. The second kappa shape index (κ2) is 4.95. The third-order valence-corrected chi connectivity index (χ3v) is 2.62. The van der Waals surface area contributed by atoms with Gasteiger partial charge in [0.1, 0.15) is 5.65 Å². The maximum Gasteiger partial charge on any atom is 0.249 e. The van der Waals surface area contributed by atoms with Crippen LogP contribution < -0.4 is 10.9 Å². The van der Waals surface area contributed by atoms with Gasteiger partial charge in [-0.25, -0.2) is 4.98 Å². The molecule has 0 aromatic carbocycles. The van der Waals surface area contributed by atoms with Crippen molar-refractivity contribution in [2.75, 3.05) is 11.9 Å². The SMILES string of the molecule is CCCCNc1ncc2c(C)cc(=O)[nH]c2n1. The van der Waals surface area contributed by atoms with Crippen molar-refractivity contribution in [1.29, 1.82) is 0 Å². The van der Waals surface area contributed by atoms with E-state index in [0.717, 1.165) is 30.3 Å². The van der Waals surface area contributed by atoms with Crippen molar-refractivity contribution in [1.82, 2.24) is 15.0 Å². The summed E-state index contributed by atoms with van der Waals surface area (Å²) >= 11 is 0. The molecule has 17 heavy (non-hydrogen) atoms. The second-order valence-electron chi connectivity index (χ2n) is 4.05. The molecule has 0 saturated heterocycles. The van der Waals surface area contributed by atoms with Gasteiger partial charge in [-0.15, -0.1) is 0 Å². The molecule has 0 aliphatic rings. The largest absolute Gasteiger partial charge is 0.354 e. The fourth-order valence-electron chi connectivity index (χ4n) is 1.66. The fourth-order valence-corrected chi connectivity index (χ4v) is 1.66. The third-order valence-electron chi connectivity index (χ3n) is 2.62. The zero-order valence-electron chi connectivity index (χ0n) is 10.1. The Morgan fingerprint density at radius 2 is 2.29 bits per heavy atom. The first-order chi connectivity index (χ1) is 8.20. The van der Waals surface area contributed by atoms with E-state index in [1.165, 1.54) is 0 Å². The molecule has 2 aromatic heterocycles. The number of rotatable bonds is 4. The number of aromatic amines is 1. The monoisotopic (exact) mass is 232 g/mol. The highest BCUT2D eigenvalue weighted by atomic mass is 16.1. The molecule has 0 spiro atoms. The highest BCUT2D eigenvalue weighted by Crippen LogP contribution is 2.12. The number of aromatic nitrogens is 3. The molecule has 0 fully saturated rings. The van der Waals surface area contributed by atoms with Crippen LogP contribution in [0.15, 0.2) is 17.1 Å². The minimum atomic E-state index is -0.131. The summed E-state index contributed by atoms with van der Waals surface area (Å²) < 4.78 is 0. The lowest BCUT2D eigenvalue weighted by atomic mass is 10.2. The number of nitrogens with zero attached hydrogens (tertiary/aromatic N) is 2. The molecule has 2 heterocycles. The summed E-state index contributed by atoms with van der Waals surface area (Å²) in [5.41, 5.74) is 1.35. The third kappa shape index (κ3) is 2.61. The van der Waals surface area contributed by atoms with E-state index < -0.39 is 0 Å². The average Bonchev–Trinajstić information content (AvgIpc) is 2.28. The first kappa shape index (κ1) is 11.6. The van der Waals surface area contributed by atoms with Gasteiger partial charge in [0.05, 0.1) is 0 Å². The van der Waals surface area contributed by atoms with Crippen LogP contribution in [0.25, 0.3) is 11.0 Å². The number of aryl methyl sites for hydroxylation is 1. The summed E-state index contributed by atoms with van der Waals surface area (Å²) in [6, 6.07) is 1.55. The Balaban J connectivity index is 2.33. The molecule has 0 bridgehead atoms. The molecule has 5 heteroatoms. The quantitative estimate of drug-likeness (QED) is 0.789. The molecule has 0 saturated carbocycles. The van der Waals surface area contributed by atoms with Crippen LogP contribution >= 0.6 is 0 Å². The van der Waals surface area contributed by atoms with Gasteiger partial charge >= 0.3 is 0 Å². The Morgan fingerprint density at radius 1 is 1.47 bits per heavy atom. The van der Waals surface area contributed by atoms with Crippen molar-refractivity contribution >= 4 is 17.0 Å². The molecule has 0 atom stereocenters. The molecule has 5 nitrogen and oxygen atoms in total. The van der Waals surface area contributed by atoms with Gasteiger partial charge in [0.2, 0.25) is 11.5 Å². The Hall–Kier alpha value is -1.91. The minimum Gasteiger partial charge on any atom is -0.354 e. The number of anilines is 1. The normalized spacial score (nSPS) is 10.7. The zero-order chi connectivity index (χ0) is 12.3. The summed E-state index contributed by atoms with van der Waals surface area (Å²) in [7, 11) is 0. The molecule has 0 radical (unpaired) electrons. The standard InChI is InChI=1S/C12H16N4O/c1-3-4-5-13-12-14-7-9-8(2)6-10(17)15-11(9)16-12/h6-7H,3-5H2,1-2H3,(H2,13,14,15,16,17). The molecule has 0 aliphatic heterocycles. The van der Waals surface area contributed by atoms with Crippen LogP contribution in [0.2, 0.25) is 0 Å². The van der Waals surface area contributed by atoms with E-state index >= 15 is 0 Å². The van der Waals surface area contributed by atoms with E-state index in [1.807, 2.05) is 6.92 Å². The van der Waals surface area contributed by atoms with E-state index in [9.17, 15) is 4.79 Å². The minimum absolute atomic E-state index is 0.131. The second-order valence-corrected chi connectivity index (χ2v) is 4.05. The van der Waals surface area contributed by atoms with Crippen molar-refractivity contribution in [3.8, 4) is 0 Å². The van der Waals surface area contributed by atoms with Gasteiger partial charge in [-0.2, -0.15) is 4.98 Å². The molecule has 0 aliphatic carbocycles. The molecule has 0 amide bonds. The van der Waals surface area contributed by atoms with Gasteiger partial charge in [0, 0.05) is 24.2 Å². The summed E-state index contributed by atoms with van der Waals surface area (Å²) in [5, 5.41) is 4.01. The van der Waals surface area contributed by atoms with E-state index in [0.29, 0.717) is 11.6 Å². The van der Waals surface area contributed by atoms with Crippen LogP contribution in [-0.4, -0.2) is 21.5 Å². The van der Waals surface area contributed by atoms with Gasteiger partial charge in [0.15, 0.2) is 0 Å². The lowest BCUT2D eigenvalue weighted by molar-refractivity contribution is 0.827. The van der Waals surface area contributed by atoms with Crippen LogP contribution in [0.4, 0.5) is 5.95 Å². The Labute approximate surface area is 99.3 Å². The summed E-state index contributed by atoms with van der Waals surface area (Å²) in [4.78, 5) is 22.6. The molecule has 90 valence electrons. The number of unbranched alkanes of at least 4 members (excludes halogenated alkanes) is 1. The zero-order valence-corrected chi connectivity index (χ0v) is 10.1. The van der Waals surface area contributed by atoms with Crippen molar-refractivity contribution in [2.24, 2.45) is 0 Å². The number of pyridine rings is 1. The van der Waals surface area contributed by atoms with Crippen LogP contribution in [0, 0.1) is 6.92 Å². The van der Waals surface area contributed by atoms with Crippen molar-refractivity contribution < 1.29 is 0 Å². The van der Waals surface area contributed by atoms with E-state index in [1.54, 1.807) is 12.3 Å². The molecular formula is C12H16N4O. The van der Waals surface area contributed by atoms with Gasteiger partial charge in [-0.1, -0.05) is 13.3 Å². The van der Waals surface area contributed by atoms with Crippen molar-refractivity contribution in [3.63, 3.8) is 0 Å². The molecule has 2 aromatic rings. The number of fused-ring (bicyclic) bond motifs is 1. The smallest absolute Gasteiger partial charge is 0.249 e. The summed E-state index contributed by atoms with van der Waals surface area (Å²) in [6.45, 7) is 4.85. The van der Waals surface area contributed by atoms with Crippen LogP contribution in [-0.2, 0) is 0 Å². The van der Waals surface area contributed by atoms with Gasteiger partial charge in [0.25, 0.3) is 0 Å². The highest BCUT2D eigenvalue weighted by Gasteiger charge is 2.03. The Morgan fingerprint density at radius 3 is 3.06 bits per heavy atom. The summed E-state index contributed by atoms with van der Waals surface area (Å²) in [5.74, 6) is 0.562. The van der Waals surface area contributed by atoms with E-state index in [2.05, 4.69) is 27.2 Å². The molecule has 0 unspecified atom stereocenters. The number of nitrogens with one attached hydrogen (secondary N) is 2. The van der Waals surface area contributed by atoms with Crippen molar-refractivity contribution in [2.45, 2.75) is 26.7 Å². The maximum atomic E-state index is 11.3. The maximum absolute atomic E-state index is 11.3. The molecule has 2 rings (SSSR count). The van der Waals surface area contributed by atoms with E-state index in [4.69, 9.17) is 0 Å². The Bertz CT molecular complexity index is 576. The first-order valence-corrected chi connectivity index (χ1v) is 5.81. The predicted octanol–water partition coefficient (Wildman–Crippen LogP) is 1.84. The number of H-pyrrole nitrogens is 1. The fraction of sp³-hybridized carbons (Fsp3) is 0.417. The van der Waals surface area contributed by atoms with Crippen LogP contribution in [0.1, 0.15) is 25.3 Å². The number of hydrogen-bond acceptors (Lipinski definition) is 4. The average molecular weight is 232 g/mol. The van der Waals surface area contributed by atoms with Crippen LogP contribution in [0.5, 0.6) is 0 Å². The van der Waals surface area contributed by atoms with Crippen molar-refractivity contribution in [3.05, 3.63) is 28.2 Å². The predicted molar refractivity (Wildman–Crippen MR) is 68.3 cm³/mol. The highest BCUT2D eigenvalue weighted by molar-refractivity contribution is 5.78. The lowest BCUT2D eigenvalue weighted by Gasteiger charge is -2.05. The number of hydrogen-bond donors (Lipinski definition) is 2. The van der Waals surface area contributed by atoms with Gasteiger partial charge in [-0.3, -0.25) is 4.79 Å².